The molecule has 3 rings (SSSR count). The van der Waals surface area contributed by atoms with Crippen LogP contribution in [0.1, 0.15) is 6.42 Å². The van der Waals surface area contributed by atoms with E-state index in [2.05, 4.69) is 17.5 Å². The maximum absolute atomic E-state index is 11.0. The maximum atomic E-state index is 11.0. The molecule has 1 amide bonds. The molecule has 1 saturated heterocycles. The highest BCUT2D eigenvalue weighted by atomic mass is 16.2. The van der Waals surface area contributed by atoms with Crippen LogP contribution in [0.2, 0.25) is 0 Å². The van der Waals surface area contributed by atoms with Gasteiger partial charge in [0.25, 0.3) is 0 Å². The van der Waals surface area contributed by atoms with Crippen molar-refractivity contribution in [3.63, 3.8) is 0 Å². The second-order valence-electron chi connectivity index (χ2n) is 3.51. The lowest BCUT2D eigenvalue weighted by molar-refractivity contribution is -0.135. The number of β-lactam (4-membered cyclic amide) rings is 1. The van der Waals surface area contributed by atoms with Gasteiger partial charge in [0.15, 0.2) is 0 Å². The second kappa shape index (κ2) is 1.29. The number of hydrogen-bond acceptors (Lipinski definition) is 1. The third-order valence-electron chi connectivity index (χ3n) is 3.07. The number of carbonyl (C=O) groups is 1. The van der Waals surface area contributed by atoms with Crippen LogP contribution in [-0.4, -0.2) is 11.9 Å². The van der Waals surface area contributed by atoms with Crippen molar-refractivity contribution < 1.29 is 4.79 Å². The van der Waals surface area contributed by atoms with E-state index in [0.717, 1.165) is 0 Å². The molecule has 1 heterocycles. The molecule has 0 aromatic heterocycles. The summed E-state index contributed by atoms with van der Waals surface area (Å²) in [7, 11) is 0. The molecular weight excluding hydrogens is 126 g/mol. The Morgan fingerprint density at radius 3 is 2.80 bits per heavy atom. The lowest BCUT2D eigenvalue weighted by Crippen LogP contribution is -2.59. The third-order valence-corrected chi connectivity index (χ3v) is 3.07. The van der Waals surface area contributed by atoms with Gasteiger partial charge in [0.05, 0.1) is 5.92 Å². The Morgan fingerprint density at radius 2 is 2.20 bits per heavy atom. The van der Waals surface area contributed by atoms with Crippen LogP contribution in [0.15, 0.2) is 12.2 Å². The molecule has 4 atom stereocenters. The monoisotopic (exact) mass is 135 g/mol. The summed E-state index contributed by atoms with van der Waals surface area (Å²) in [4.78, 5) is 11.0. The minimum Gasteiger partial charge on any atom is -0.352 e. The summed E-state index contributed by atoms with van der Waals surface area (Å²) in [5.41, 5.74) is 0. The molecule has 52 valence electrons. The fourth-order valence-corrected chi connectivity index (χ4v) is 2.54. The molecule has 2 nitrogen and oxygen atoms in total. The van der Waals surface area contributed by atoms with Crippen LogP contribution in [0, 0.1) is 17.8 Å². The van der Waals surface area contributed by atoms with Gasteiger partial charge in [-0.1, -0.05) is 12.2 Å². The van der Waals surface area contributed by atoms with Gasteiger partial charge < -0.3 is 5.32 Å². The zero-order valence-corrected chi connectivity index (χ0v) is 5.58. The average molecular weight is 135 g/mol. The molecule has 0 spiro atoms. The molecule has 1 saturated carbocycles. The van der Waals surface area contributed by atoms with Crippen molar-refractivity contribution in [1.82, 2.24) is 5.32 Å². The van der Waals surface area contributed by atoms with Crippen molar-refractivity contribution in [3.8, 4) is 0 Å². The van der Waals surface area contributed by atoms with Crippen molar-refractivity contribution >= 4 is 5.91 Å². The lowest BCUT2D eigenvalue weighted by atomic mass is 9.82. The number of amides is 1. The Hall–Kier alpha value is -0.790. The molecule has 1 aliphatic heterocycles. The summed E-state index contributed by atoms with van der Waals surface area (Å²) in [6.45, 7) is 0. The molecule has 1 N–H and O–H groups in total. The van der Waals surface area contributed by atoms with E-state index >= 15 is 0 Å². The van der Waals surface area contributed by atoms with Crippen molar-refractivity contribution in [3.05, 3.63) is 12.2 Å². The fraction of sp³-hybridized carbons (Fsp3) is 0.625. The third kappa shape index (κ3) is 0.349. The van der Waals surface area contributed by atoms with E-state index < -0.39 is 0 Å². The molecule has 10 heavy (non-hydrogen) atoms. The van der Waals surface area contributed by atoms with Crippen molar-refractivity contribution in [2.45, 2.75) is 12.5 Å². The number of rotatable bonds is 0. The largest absolute Gasteiger partial charge is 0.352 e. The second-order valence-corrected chi connectivity index (χ2v) is 3.51. The van der Waals surface area contributed by atoms with Crippen LogP contribution >= 0.6 is 0 Å². The quantitative estimate of drug-likeness (QED) is 0.376. The molecule has 0 radical (unpaired) electrons. The van der Waals surface area contributed by atoms with Crippen LogP contribution in [0.25, 0.3) is 0 Å². The topological polar surface area (TPSA) is 29.1 Å². The van der Waals surface area contributed by atoms with Gasteiger partial charge in [-0.15, -0.1) is 0 Å². The highest BCUT2D eigenvalue weighted by molar-refractivity contribution is 5.87. The van der Waals surface area contributed by atoms with Crippen molar-refractivity contribution in [2.75, 3.05) is 0 Å². The van der Waals surface area contributed by atoms with Gasteiger partial charge in [0, 0.05) is 6.04 Å². The average Bonchev–Trinajstić information content (AvgIpc) is 2.40. The predicted octanol–water partition coefficient (Wildman–Crippen LogP) is 0.307. The summed E-state index contributed by atoms with van der Waals surface area (Å²) in [5, 5.41) is 2.95. The zero-order valence-electron chi connectivity index (χ0n) is 5.58. The summed E-state index contributed by atoms with van der Waals surface area (Å²) >= 11 is 0. The molecule has 2 aliphatic carbocycles. The zero-order chi connectivity index (χ0) is 6.72. The van der Waals surface area contributed by atoms with E-state index in [9.17, 15) is 4.79 Å². The van der Waals surface area contributed by atoms with E-state index in [4.69, 9.17) is 0 Å². The first-order chi connectivity index (χ1) is 4.86. The van der Waals surface area contributed by atoms with Crippen LogP contribution in [0.3, 0.4) is 0 Å². The van der Waals surface area contributed by atoms with Gasteiger partial charge >= 0.3 is 0 Å². The predicted molar refractivity (Wildman–Crippen MR) is 36.2 cm³/mol. The maximum Gasteiger partial charge on any atom is 0.226 e. The van der Waals surface area contributed by atoms with Crippen molar-refractivity contribution in [2.24, 2.45) is 17.8 Å². The van der Waals surface area contributed by atoms with E-state index in [-0.39, 0.29) is 5.91 Å². The first-order valence-corrected chi connectivity index (χ1v) is 3.85. The van der Waals surface area contributed by atoms with E-state index in [1.54, 1.807) is 0 Å². The Kier molecular flexibility index (Phi) is 0.636. The van der Waals surface area contributed by atoms with Crippen molar-refractivity contribution in [1.29, 1.82) is 0 Å². The van der Waals surface area contributed by atoms with E-state index in [1.807, 2.05) is 0 Å². The molecular formula is C8H9NO. The van der Waals surface area contributed by atoms with Gasteiger partial charge in [-0.05, 0) is 18.3 Å². The Morgan fingerprint density at radius 1 is 1.40 bits per heavy atom. The fourth-order valence-electron chi connectivity index (χ4n) is 2.54. The Labute approximate surface area is 59.3 Å². The smallest absolute Gasteiger partial charge is 0.226 e. The molecule has 0 aromatic rings. The van der Waals surface area contributed by atoms with Gasteiger partial charge in [-0.2, -0.15) is 0 Å². The number of allylic oxidation sites excluding steroid dienone is 1. The molecule has 0 aromatic carbocycles. The van der Waals surface area contributed by atoms with Gasteiger partial charge in [-0.25, -0.2) is 0 Å². The first kappa shape index (κ1) is 4.94. The van der Waals surface area contributed by atoms with Crippen LogP contribution in [0.5, 0.6) is 0 Å². The van der Waals surface area contributed by atoms with Gasteiger partial charge in [0.1, 0.15) is 0 Å². The number of fused-ring (bicyclic) bond motifs is 5. The van der Waals surface area contributed by atoms with E-state index in [1.165, 1.54) is 6.42 Å². The molecule has 2 heteroatoms. The van der Waals surface area contributed by atoms with Crippen LogP contribution in [-0.2, 0) is 4.79 Å². The molecule has 2 bridgehead atoms. The van der Waals surface area contributed by atoms with Crippen LogP contribution in [0.4, 0.5) is 0 Å². The Balaban J connectivity index is 2.03. The Bertz CT molecular complexity index is 233. The van der Waals surface area contributed by atoms with E-state index in [0.29, 0.717) is 23.8 Å². The minimum absolute atomic E-state index is 0.279. The van der Waals surface area contributed by atoms with Gasteiger partial charge in [0.2, 0.25) is 5.91 Å². The summed E-state index contributed by atoms with van der Waals surface area (Å²) in [5.74, 6) is 1.90. The standard InChI is InChI=1S/C8H9NO/c10-8-6-4-1-2-5(3-4)7(6)9-8/h1-2,4-7H,3H2,(H,9,10)/t4-,5-,6+,7?/m0/s1. The number of hydrogen-bond donors (Lipinski definition) is 1. The minimum atomic E-state index is 0.279. The summed E-state index contributed by atoms with van der Waals surface area (Å²) in [6, 6.07) is 0.516. The lowest BCUT2D eigenvalue weighted by Gasteiger charge is -2.37. The van der Waals surface area contributed by atoms with Gasteiger partial charge in [-0.3, -0.25) is 4.79 Å². The summed E-state index contributed by atoms with van der Waals surface area (Å²) < 4.78 is 0. The summed E-state index contributed by atoms with van der Waals surface area (Å²) in [6.07, 6.45) is 5.68. The molecule has 1 unspecified atom stereocenters. The molecule has 2 fully saturated rings. The highest BCUT2D eigenvalue weighted by Crippen LogP contribution is 2.47. The SMILES string of the molecule is O=C1NC2[C@H]3C=C[C@@H](C3)[C@@H]12. The number of nitrogens with one attached hydrogen (secondary N) is 1. The normalized spacial score (nSPS) is 54.2. The molecule has 3 aliphatic rings. The first-order valence-electron chi connectivity index (χ1n) is 3.85. The van der Waals surface area contributed by atoms with Crippen LogP contribution < -0.4 is 5.32 Å². The number of carbonyl (C=O) groups excluding carboxylic acids is 1. The highest BCUT2D eigenvalue weighted by Gasteiger charge is 2.54.